The first-order chi connectivity index (χ1) is 9.10. The molecule has 0 aliphatic carbocycles. The number of rotatable bonds is 4. The first kappa shape index (κ1) is 14.1. The molecule has 0 saturated carbocycles. The molecule has 0 spiro atoms. The molecule has 2 aromatic rings. The van der Waals surface area contributed by atoms with Gasteiger partial charge in [-0.15, -0.1) is 0 Å². The Morgan fingerprint density at radius 1 is 1.11 bits per heavy atom. The maximum atomic E-state index is 13.8. The van der Waals surface area contributed by atoms with Crippen LogP contribution in [0.4, 0.5) is 10.1 Å². The Bertz CT molecular complexity index is 577. The van der Waals surface area contributed by atoms with Crippen molar-refractivity contribution >= 4 is 28.9 Å². The lowest BCUT2D eigenvalue weighted by molar-refractivity contribution is 0.274. The Hall–Kier alpha value is -1.29. The molecule has 19 heavy (non-hydrogen) atoms. The molecule has 0 amide bonds. The lowest BCUT2D eigenvalue weighted by atomic mass is 10.1. The van der Waals surface area contributed by atoms with Gasteiger partial charge in [0.2, 0.25) is 0 Å². The van der Waals surface area contributed by atoms with E-state index in [0.29, 0.717) is 21.3 Å². The predicted molar refractivity (Wildman–Crippen MR) is 76.3 cm³/mol. The van der Waals surface area contributed by atoms with Crippen LogP contribution in [-0.4, -0.2) is 11.7 Å². The Morgan fingerprint density at radius 3 is 2.53 bits per heavy atom. The van der Waals surface area contributed by atoms with Crippen molar-refractivity contribution in [2.45, 2.75) is 6.04 Å². The molecule has 0 aromatic heterocycles. The van der Waals surface area contributed by atoms with Crippen LogP contribution in [0.3, 0.4) is 0 Å². The molecule has 0 fully saturated rings. The summed E-state index contributed by atoms with van der Waals surface area (Å²) in [5.41, 5.74) is 1.01. The van der Waals surface area contributed by atoms with Crippen LogP contribution < -0.4 is 5.32 Å². The van der Waals surface area contributed by atoms with Crippen molar-refractivity contribution in [3.63, 3.8) is 0 Å². The molecule has 0 radical (unpaired) electrons. The lowest BCUT2D eigenvalue weighted by Gasteiger charge is -2.19. The third-order valence-electron chi connectivity index (χ3n) is 2.68. The zero-order chi connectivity index (χ0) is 13.8. The van der Waals surface area contributed by atoms with Crippen LogP contribution in [-0.2, 0) is 0 Å². The number of aliphatic hydroxyl groups is 1. The molecule has 2 N–H and O–H groups in total. The van der Waals surface area contributed by atoms with Gasteiger partial charge < -0.3 is 10.4 Å². The van der Waals surface area contributed by atoms with Gasteiger partial charge in [0.05, 0.1) is 12.6 Å². The molecule has 2 rings (SSSR count). The maximum absolute atomic E-state index is 13.8. The second-order valence-electron chi connectivity index (χ2n) is 4.06. The van der Waals surface area contributed by atoms with Crippen LogP contribution >= 0.6 is 23.2 Å². The Labute approximate surface area is 120 Å². The second kappa shape index (κ2) is 6.24. The molecule has 1 atom stereocenters. The van der Waals surface area contributed by atoms with E-state index in [1.165, 1.54) is 18.2 Å². The van der Waals surface area contributed by atoms with Gasteiger partial charge in [0, 0.05) is 21.3 Å². The monoisotopic (exact) mass is 299 g/mol. The van der Waals surface area contributed by atoms with E-state index in [0.717, 1.165) is 0 Å². The van der Waals surface area contributed by atoms with E-state index in [9.17, 15) is 9.50 Å². The number of hydrogen-bond donors (Lipinski definition) is 2. The summed E-state index contributed by atoms with van der Waals surface area (Å²) in [6, 6.07) is 10.7. The zero-order valence-electron chi connectivity index (χ0n) is 9.91. The molecule has 0 aliphatic heterocycles. The van der Waals surface area contributed by atoms with Crippen LogP contribution in [0, 0.1) is 5.82 Å². The van der Waals surface area contributed by atoms with E-state index < -0.39 is 11.9 Å². The molecular formula is C14H12Cl2FNO. The van der Waals surface area contributed by atoms with Crippen molar-refractivity contribution < 1.29 is 9.50 Å². The normalized spacial score (nSPS) is 12.2. The standard InChI is InChI=1S/C14H12Cl2FNO/c15-9-2-1-3-11(6-9)18-14(8-19)12-7-10(16)4-5-13(12)17/h1-7,14,18-19H,8H2. The molecule has 0 bridgehead atoms. The highest BCUT2D eigenvalue weighted by molar-refractivity contribution is 6.31. The van der Waals surface area contributed by atoms with Gasteiger partial charge in [-0.25, -0.2) is 4.39 Å². The molecule has 0 heterocycles. The van der Waals surface area contributed by atoms with Gasteiger partial charge in [0.15, 0.2) is 0 Å². The summed E-state index contributed by atoms with van der Waals surface area (Å²) in [6.45, 7) is -0.260. The van der Waals surface area contributed by atoms with Gasteiger partial charge in [-0.05, 0) is 36.4 Å². The quantitative estimate of drug-likeness (QED) is 0.883. The number of anilines is 1. The van der Waals surface area contributed by atoms with Crippen molar-refractivity contribution in [2.24, 2.45) is 0 Å². The Morgan fingerprint density at radius 2 is 1.84 bits per heavy atom. The number of benzene rings is 2. The molecule has 2 nitrogen and oxygen atoms in total. The van der Waals surface area contributed by atoms with Crippen LogP contribution in [0.5, 0.6) is 0 Å². The molecule has 0 saturated heterocycles. The zero-order valence-corrected chi connectivity index (χ0v) is 11.4. The van der Waals surface area contributed by atoms with Gasteiger partial charge in [-0.2, -0.15) is 0 Å². The highest BCUT2D eigenvalue weighted by Gasteiger charge is 2.15. The summed E-state index contributed by atoms with van der Waals surface area (Å²) in [4.78, 5) is 0. The molecule has 100 valence electrons. The summed E-state index contributed by atoms with van der Waals surface area (Å²) in [5, 5.41) is 13.4. The summed E-state index contributed by atoms with van der Waals surface area (Å²) < 4.78 is 13.8. The van der Waals surface area contributed by atoms with Crippen LogP contribution in [0.15, 0.2) is 42.5 Å². The van der Waals surface area contributed by atoms with Gasteiger partial charge in [-0.1, -0.05) is 29.3 Å². The summed E-state index contributed by atoms with van der Waals surface area (Å²) >= 11 is 11.7. The average molecular weight is 300 g/mol. The minimum absolute atomic E-state index is 0.260. The molecule has 0 aliphatic rings. The number of hydrogen-bond acceptors (Lipinski definition) is 2. The smallest absolute Gasteiger partial charge is 0.128 e. The average Bonchev–Trinajstić information content (AvgIpc) is 2.39. The van der Waals surface area contributed by atoms with Gasteiger partial charge in [0.25, 0.3) is 0 Å². The Kier molecular flexibility index (Phi) is 4.64. The van der Waals surface area contributed by atoms with E-state index in [4.69, 9.17) is 23.2 Å². The van der Waals surface area contributed by atoms with Gasteiger partial charge >= 0.3 is 0 Å². The fraction of sp³-hybridized carbons (Fsp3) is 0.143. The Balaban J connectivity index is 2.27. The van der Waals surface area contributed by atoms with E-state index in [1.807, 2.05) is 0 Å². The fourth-order valence-electron chi connectivity index (χ4n) is 1.78. The van der Waals surface area contributed by atoms with Crippen molar-refractivity contribution in [1.29, 1.82) is 0 Å². The van der Waals surface area contributed by atoms with Crippen molar-refractivity contribution in [3.05, 3.63) is 63.9 Å². The molecule has 2 aromatic carbocycles. The molecule has 1 unspecified atom stereocenters. The van der Waals surface area contributed by atoms with Crippen LogP contribution in [0.2, 0.25) is 10.0 Å². The third kappa shape index (κ3) is 3.60. The van der Waals surface area contributed by atoms with E-state index in [-0.39, 0.29) is 6.61 Å². The lowest BCUT2D eigenvalue weighted by Crippen LogP contribution is -2.16. The first-order valence-corrected chi connectivity index (χ1v) is 6.43. The molecular weight excluding hydrogens is 288 g/mol. The minimum Gasteiger partial charge on any atom is -0.394 e. The van der Waals surface area contributed by atoms with Crippen LogP contribution in [0.1, 0.15) is 11.6 Å². The highest BCUT2D eigenvalue weighted by atomic mass is 35.5. The summed E-state index contributed by atoms with van der Waals surface area (Å²) in [7, 11) is 0. The van der Waals surface area contributed by atoms with Crippen molar-refractivity contribution in [1.82, 2.24) is 0 Å². The van der Waals surface area contributed by atoms with Crippen molar-refractivity contribution in [2.75, 3.05) is 11.9 Å². The second-order valence-corrected chi connectivity index (χ2v) is 4.93. The minimum atomic E-state index is -0.586. The largest absolute Gasteiger partial charge is 0.394 e. The number of aliphatic hydroxyl groups excluding tert-OH is 1. The predicted octanol–water partition coefficient (Wildman–Crippen LogP) is 4.28. The van der Waals surface area contributed by atoms with Gasteiger partial charge in [-0.3, -0.25) is 0 Å². The summed E-state index contributed by atoms with van der Waals surface area (Å²) in [5.74, 6) is -0.419. The van der Waals surface area contributed by atoms with E-state index >= 15 is 0 Å². The highest BCUT2D eigenvalue weighted by Crippen LogP contribution is 2.25. The van der Waals surface area contributed by atoms with Crippen LogP contribution in [0.25, 0.3) is 0 Å². The van der Waals surface area contributed by atoms with Crippen molar-refractivity contribution in [3.8, 4) is 0 Å². The SMILES string of the molecule is OCC(Nc1cccc(Cl)c1)c1cc(Cl)ccc1F. The number of halogens is 3. The topological polar surface area (TPSA) is 32.3 Å². The molecule has 5 heteroatoms. The van der Waals surface area contributed by atoms with E-state index in [2.05, 4.69) is 5.32 Å². The van der Waals surface area contributed by atoms with Gasteiger partial charge in [0.1, 0.15) is 5.82 Å². The number of nitrogens with one attached hydrogen (secondary N) is 1. The summed E-state index contributed by atoms with van der Waals surface area (Å²) in [6.07, 6.45) is 0. The maximum Gasteiger partial charge on any atom is 0.128 e. The third-order valence-corrected chi connectivity index (χ3v) is 3.15. The van der Waals surface area contributed by atoms with E-state index in [1.54, 1.807) is 24.3 Å². The first-order valence-electron chi connectivity index (χ1n) is 5.68. The fourth-order valence-corrected chi connectivity index (χ4v) is 2.15.